The van der Waals surface area contributed by atoms with Gasteiger partial charge in [0.1, 0.15) is 12.8 Å². The van der Waals surface area contributed by atoms with E-state index in [1.807, 2.05) is 16.7 Å². The van der Waals surface area contributed by atoms with Gasteiger partial charge in [0.2, 0.25) is 0 Å². The molecule has 0 amide bonds. The van der Waals surface area contributed by atoms with Crippen LogP contribution >= 0.6 is 23.2 Å². The monoisotopic (exact) mass is 432 g/mol. The van der Waals surface area contributed by atoms with Crippen LogP contribution in [0.1, 0.15) is 5.56 Å². The average molecular weight is 433 g/mol. The van der Waals surface area contributed by atoms with Gasteiger partial charge in [-0.25, -0.2) is 0 Å². The number of hydrogen-bond donors (Lipinski definition) is 1. The molecule has 2 heterocycles. The zero-order valence-corrected chi connectivity index (χ0v) is 18.6. The van der Waals surface area contributed by atoms with Gasteiger partial charge in [-0.3, -0.25) is 5.10 Å². The first-order chi connectivity index (χ1) is 13.3. The second-order valence-corrected chi connectivity index (χ2v) is 14.3. The number of hydrogen-bond acceptors (Lipinski definition) is 3. The molecule has 3 aromatic rings. The molecule has 0 spiro atoms. The molecule has 2 aromatic heterocycles. The number of aromatic amines is 1. The van der Waals surface area contributed by atoms with Crippen LogP contribution in [0.25, 0.3) is 22.5 Å². The van der Waals surface area contributed by atoms with Crippen molar-refractivity contribution in [2.75, 3.05) is 6.61 Å². The minimum atomic E-state index is -1.19. The highest BCUT2D eigenvalue weighted by Crippen LogP contribution is 2.37. The molecule has 0 unspecified atom stereocenters. The van der Waals surface area contributed by atoms with Gasteiger partial charge in [-0.15, -0.1) is 0 Å². The van der Waals surface area contributed by atoms with E-state index in [9.17, 15) is 5.26 Å². The van der Waals surface area contributed by atoms with Gasteiger partial charge in [-0.05, 0) is 30.3 Å². The molecule has 1 aromatic carbocycles. The van der Waals surface area contributed by atoms with Crippen LogP contribution in [-0.4, -0.2) is 29.4 Å². The fourth-order valence-corrected chi connectivity index (χ4v) is 4.16. The Morgan fingerprint density at radius 1 is 1.25 bits per heavy atom. The van der Waals surface area contributed by atoms with E-state index in [0.29, 0.717) is 34.6 Å². The summed E-state index contributed by atoms with van der Waals surface area (Å²) in [6.07, 6.45) is 3.52. The van der Waals surface area contributed by atoms with Gasteiger partial charge in [0.05, 0.1) is 28.2 Å². The Kier molecular flexibility index (Phi) is 6.31. The number of halogens is 2. The number of nitrogens with one attached hydrogen (secondary N) is 1. The maximum Gasteiger partial charge on any atom is 0.123 e. The molecule has 28 heavy (non-hydrogen) atoms. The smallest absolute Gasteiger partial charge is 0.123 e. The summed E-state index contributed by atoms with van der Waals surface area (Å²) >= 11 is 12.5. The third kappa shape index (κ3) is 4.68. The molecule has 0 radical (unpaired) electrons. The van der Waals surface area contributed by atoms with E-state index in [-0.39, 0.29) is 0 Å². The van der Waals surface area contributed by atoms with Gasteiger partial charge in [-0.2, -0.15) is 10.4 Å². The number of H-pyrrole nitrogens is 1. The van der Waals surface area contributed by atoms with Crippen LogP contribution in [0, 0.1) is 11.3 Å². The molecule has 0 saturated heterocycles. The van der Waals surface area contributed by atoms with Crippen LogP contribution in [0.4, 0.5) is 0 Å². The van der Waals surface area contributed by atoms with E-state index in [4.69, 9.17) is 27.9 Å². The Hall–Kier alpha value is -2.04. The fourth-order valence-electron chi connectivity index (χ4n) is 2.90. The first-order valence-corrected chi connectivity index (χ1v) is 13.4. The lowest BCUT2D eigenvalue weighted by molar-refractivity contribution is 0.0896. The molecule has 8 heteroatoms. The molecule has 0 aliphatic rings. The number of ether oxygens (including phenoxy) is 1. The van der Waals surface area contributed by atoms with E-state index in [1.54, 1.807) is 24.5 Å². The molecule has 5 nitrogen and oxygen atoms in total. The Balaban J connectivity index is 2.05. The lowest BCUT2D eigenvalue weighted by Crippen LogP contribution is -2.22. The van der Waals surface area contributed by atoms with Gasteiger partial charge in [0.15, 0.2) is 0 Å². The Morgan fingerprint density at radius 2 is 2.04 bits per heavy atom. The average Bonchev–Trinajstić information content (AvgIpc) is 3.25. The Bertz CT molecular complexity index is 1000. The van der Waals surface area contributed by atoms with E-state index in [2.05, 4.69) is 35.9 Å². The number of aromatic nitrogens is 3. The zero-order valence-electron chi connectivity index (χ0n) is 16.1. The lowest BCUT2D eigenvalue weighted by atomic mass is 10.1. The summed E-state index contributed by atoms with van der Waals surface area (Å²) in [5.41, 5.74) is 3.70. The van der Waals surface area contributed by atoms with Crippen molar-refractivity contribution >= 4 is 31.3 Å². The van der Waals surface area contributed by atoms with Crippen molar-refractivity contribution in [1.29, 1.82) is 5.26 Å². The van der Waals surface area contributed by atoms with Crippen LogP contribution in [0.3, 0.4) is 0 Å². The molecular formula is C20H22Cl2N4OSi. The standard InChI is InChI=1S/C20H22Cl2N4OSi/c1-28(2,3)7-6-27-13-26-19(15-11-24-25-12-15)8-14(10-23)20(26)17-5-4-16(21)9-18(17)22/h4-5,8-9,11-12H,6-7,13H2,1-3H3,(H,24,25). The molecule has 1 N–H and O–H groups in total. The first-order valence-electron chi connectivity index (χ1n) is 8.96. The molecule has 0 fully saturated rings. The predicted octanol–water partition coefficient (Wildman–Crippen LogP) is 6.04. The fraction of sp³-hybridized carbons (Fsp3) is 0.300. The van der Waals surface area contributed by atoms with Crippen molar-refractivity contribution < 1.29 is 4.74 Å². The first kappa shape index (κ1) is 20.7. The van der Waals surface area contributed by atoms with Crippen molar-refractivity contribution in [2.24, 2.45) is 0 Å². The molecule has 3 rings (SSSR count). The van der Waals surface area contributed by atoms with Crippen LogP contribution < -0.4 is 0 Å². The van der Waals surface area contributed by atoms with Crippen molar-refractivity contribution in [3.63, 3.8) is 0 Å². The highest BCUT2D eigenvalue weighted by molar-refractivity contribution is 6.76. The minimum absolute atomic E-state index is 0.320. The zero-order chi connectivity index (χ0) is 20.3. The van der Waals surface area contributed by atoms with Crippen molar-refractivity contribution in [3.8, 4) is 28.6 Å². The summed E-state index contributed by atoms with van der Waals surface area (Å²) in [5.74, 6) is 0. The summed E-state index contributed by atoms with van der Waals surface area (Å²) in [6, 6.07) is 10.5. The van der Waals surface area contributed by atoms with Crippen molar-refractivity contribution in [1.82, 2.24) is 14.8 Å². The Labute approximate surface area is 175 Å². The van der Waals surface area contributed by atoms with Crippen LogP contribution in [0.5, 0.6) is 0 Å². The SMILES string of the molecule is C[Si](C)(C)CCOCn1c(-c2cn[nH]c2)cc(C#N)c1-c1ccc(Cl)cc1Cl. The largest absolute Gasteiger partial charge is 0.361 e. The van der Waals surface area contributed by atoms with Crippen LogP contribution in [0.2, 0.25) is 35.7 Å². The quantitative estimate of drug-likeness (QED) is 0.365. The van der Waals surface area contributed by atoms with E-state index in [1.165, 1.54) is 0 Å². The summed E-state index contributed by atoms with van der Waals surface area (Å²) in [4.78, 5) is 0. The second-order valence-electron chi connectivity index (χ2n) is 7.79. The highest BCUT2D eigenvalue weighted by Gasteiger charge is 2.21. The summed E-state index contributed by atoms with van der Waals surface area (Å²) in [6.45, 7) is 7.94. The molecule has 146 valence electrons. The summed E-state index contributed by atoms with van der Waals surface area (Å²) in [7, 11) is -1.19. The molecule has 0 atom stereocenters. The van der Waals surface area contributed by atoms with Gasteiger partial charge in [0, 0.05) is 37.0 Å². The van der Waals surface area contributed by atoms with E-state index < -0.39 is 8.07 Å². The predicted molar refractivity (Wildman–Crippen MR) is 116 cm³/mol. The van der Waals surface area contributed by atoms with Gasteiger partial charge >= 0.3 is 0 Å². The topological polar surface area (TPSA) is 66.6 Å². The summed E-state index contributed by atoms with van der Waals surface area (Å²) in [5, 5.41) is 17.6. The van der Waals surface area contributed by atoms with Crippen LogP contribution in [-0.2, 0) is 11.5 Å². The molecular weight excluding hydrogens is 411 g/mol. The lowest BCUT2D eigenvalue weighted by Gasteiger charge is -2.18. The number of nitrogens with zero attached hydrogens (tertiary/aromatic N) is 3. The third-order valence-corrected chi connectivity index (χ3v) is 6.67. The van der Waals surface area contributed by atoms with Crippen molar-refractivity contribution in [2.45, 2.75) is 32.4 Å². The molecule has 0 aliphatic heterocycles. The second kappa shape index (κ2) is 8.54. The molecule has 0 saturated carbocycles. The highest BCUT2D eigenvalue weighted by atomic mass is 35.5. The Morgan fingerprint density at radius 3 is 2.64 bits per heavy atom. The van der Waals surface area contributed by atoms with Gasteiger partial charge in [-0.1, -0.05) is 42.8 Å². The maximum atomic E-state index is 9.75. The number of rotatable bonds is 7. The maximum absolute atomic E-state index is 9.75. The van der Waals surface area contributed by atoms with Gasteiger partial charge < -0.3 is 9.30 Å². The molecule has 0 aliphatic carbocycles. The van der Waals surface area contributed by atoms with E-state index in [0.717, 1.165) is 22.9 Å². The minimum Gasteiger partial charge on any atom is -0.361 e. The van der Waals surface area contributed by atoms with Crippen LogP contribution in [0.15, 0.2) is 36.7 Å². The normalized spacial score (nSPS) is 11.6. The molecule has 0 bridgehead atoms. The summed E-state index contributed by atoms with van der Waals surface area (Å²) < 4.78 is 7.98. The third-order valence-electron chi connectivity index (χ3n) is 4.41. The van der Waals surface area contributed by atoms with E-state index >= 15 is 0 Å². The van der Waals surface area contributed by atoms with Crippen molar-refractivity contribution in [3.05, 3.63) is 52.3 Å². The van der Waals surface area contributed by atoms with Gasteiger partial charge in [0.25, 0.3) is 0 Å². The number of nitriles is 1. The number of benzene rings is 1.